The highest BCUT2D eigenvalue weighted by Crippen LogP contribution is 2.32. The Morgan fingerprint density at radius 3 is 2.56 bits per heavy atom. The first-order chi connectivity index (χ1) is 15.1. The number of aryl methyl sites for hydroxylation is 1. The standard InChI is InChI=1S/C23H21F2N3O3S/c1-14-9-18(15(2)28(14)20-8-4-6-17(12-20)22(30)31)13-26-27-21(29)11-16-5-3-7-19(10-16)23(24,25)32/h3-10,12-13,32H,11H2,1-2H3,(H,27,29)(H,30,31)/b26-13+. The summed E-state index contributed by atoms with van der Waals surface area (Å²) in [5, 5.41) is 9.90. The summed E-state index contributed by atoms with van der Waals surface area (Å²) in [6.45, 7) is 3.73. The first-order valence-electron chi connectivity index (χ1n) is 9.60. The van der Waals surface area contributed by atoms with Crippen LogP contribution < -0.4 is 5.43 Å². The zero-order valence-corrected chi connectivity index (χ0v) is 18.2. The van der Waals surface area contributed by atoms with Crippen LogP contribution in [0.4, 0.5) is 8.78 Å². The average molecular weight is 458 g/mol. The van der Waals surface area contributed by atoms with Gasteiger partial charge in [-0.3, -0.25) is 4.79 Å². The fourth-order valence-corrected chi connectivity index (χ4v) is 3.50. The van der Waals surface area contributed by atoms with Crippen molar-refractivity contribution >= 4 is 30.7 Å². The molecule has 9 heteroatoms. The van der Waals surface area contributed by atoms with Crippen molar-refractivity contribution in [2.75, 3.05) is 0 Å². The van der Waals surface area contributed by atoms with Crippen LogP contribution in [-0.4, -0.2) is 27.8 Å². The van der Waals surface area contributed by atoms with E-state index in [2.05, 4.69) is 23.2 Å². The summed E-state index contributed by atoms with van der Waals surface area (Å²) in [6, 6.07) is 13.9. The molecular weight excluding hydrogens is 436 g/mol. The number of hydrazone groups is 1. The molecule has 166 valence electrons. The molecule has 0 saturated carbocycles. The Balaban J connectivity index is 1.71. The van der Waals surface area contributed by atoms with Crippen molar-refractivity contribution in [3.8, 4) is 5.69 Å². The van der Waals surface area contributed by atoms with Crippen LogP contribution in [0, 0.1) is 13.8 Å². The fourth-order valence-electron chi connectivity index (χ4n) is 3.36. The van der Waals surface area contributed by atoms with Crippen molar-refractivity contribution in [1.82, 2.24) is 9.99 Å². The molecule has 6 nitrogen and oxygen atoms in total. The number of aromatic nitrogens is 1. The monoisotopic (exact) mass is 457 g/mol. The highest BCUT2D eigenvalue weighted by molar-refractivity contribution is 7.81. The van der Waals surface area contributed by atoms with Crippen LogP contribution in [0.1, 0.15) is 38.4 Å². The number of halogens is 2. The molecule has 0 spiro atoms. The molecule has 2 N–H and O–H groups in total. The Bertz CT molecular complexity index is 1200. The zero-order valence-electron chi connectivity index (χ0n) is 17.3. The van der Waals surface area contributed by atoms with Crippen molar-refractivity contribution in [1.29, 1.82) is 0 Å². The van der Waals surface area contributed by atoms with E-state index in [0.29, 0.717) is 11.3 Å². The minimum atomic E-state index is -3.28. The van der Waals surface area contributed by atoms with Crippen LogP contribution in [0.2, 0.25) is 0 Å². The lowest BCUT2D eigenvalue weighted by molar-refractivity contribution is -0.120. The van der Waals surface area contributed by atoms with E-state index in [1.807, 2.05) is 24.5 Å². The minimum absolute atomic E-state index is 0.115. The number of aromatic carboxylic acids is 1. The Labute approximate surface area is 189 Å². The van der Waals surface area contributed by atoms with Crippen LogP contribution in [0.25, 0.3) is 5.69 Å². The van der Waals surface area contributed by atoms with Gasteiger partial charge in [-0.1, -0.05) is 24.3 Å². The summed E-state index contributed by atoms with van der Waals surface area (Å²) < 4.78 is 28.5. The fraction of sp³-hybridized carbons (Fsp3) is 0.174. The van der Waals surface area contributed by atoms with Crippen molar-refractivity contribution in [2.45, 2.75) is 25.5 Å². The van der Waals surface area contributed by atoms with Gasteiger partial charge in [0.15, 0.2) is 0 Å². The highest BCUT2D eigenvalue weighted by Gasteiger charge is 2.25. The van der Waals surface area contributed by atoms with E-state index in [1.54, 1.807) is 24.3 Å². The molecule has 0 saturated heterocycles. The Morgan fingerprint density at radius 1 is 1.16 bits per heavy atom. The van der Waals surface area contributed by atoms with Crippen molar-refractivity contribution in [3.63, 3.8) is 0 Å². The molecule has 3 aromatic rings. The number of hydrogen-bond donors (Lipinski definition) is 3. The SMILES string of the molecule is Cc1cc(/C=N/NC(=O)Cc2cccc(C(F)(F)S)c2)c(C)n1-c1cccc(C(=O)O)c1. The number of carbonyl (C=O) groups excluding carboxylic acids is 1. The number of alkyl halides is 2. The van der Waals surface area contributed by atoms with Gasteiger partial charge in [0.2, 0.25) is 5.91 Å². The van der Waals surface area contributed by atoms with Gasteiger partial charge in [-0.05, 0) is 49.7 Å². The lowest BCUT2D eigenvalue weighted by Gasteiger charge is -2.10. The summed E-state index contributed by atoms with van der Waals surface area (Å²) in [6.07, 6.45) is 1.37. The van der Waals surface area contributed by atoms with Gasteiger partial charge in [-0.2, -0.15) is 13.9 Å². The van der Waals surface area contributed by atoms with Gasteiger partial charge < -0.3 is 9.67 Å². The second-order valence-corrected chi connectivity index (χ2v) is 7.79. The van der Waals surface area contributed by atoms with E-state index >= 15 is 0 Å². The molecule has 0 aliphatic carbocycles. The van der Waals surface area contributed by atoms with Crippen molar-refractivity contribution in [3.05, 3.63) is 88.2 Å². The summed E-state index contributed by atoms with van der Waals surface area (Å²) >= 11 is 3.25. The quantitative estimate of drug-likeness (QED) is 0.278. The van der Waals surface area contributed by atoms with Crippen LogP contribution in [-0.2, 0) is 16.5 Å². The van der Waals surface area contributed by atoms with Gasteiger partial charge in [0.25, 0.3) is 0 Å². The molecule has 2 aromatic carbocycles. The largest absolute Gasteiger partial charge is 0.478 e. The maximum atomic E-state index is 13.3. The van der Waals surface area contributed by atoms with Crippen LogP contribution >= 0.6 is 12.6 Å². The molecule has 0 bridgehead atoms. The highest BCUT2D eigenvalue weighted by atomic mass is 32.1. The molecule has 32 heavy (non-hydrogen) atoms. The first kappa shape index (κ1) is 23.2. The number of nitrogens with one attached hydrogen (secondary N) is 1. The van der Waals surface area contributed by atoms with Crippen molar-refractivity contribution < 1.29 is 23.5 Å². The zero-order chi connectivity index (χ0) is 23.5. The topological polar surface area (TPSA) is 83.7 Å². The van der Waals surface area contributed by atoms with E-state index < -0.39 is 17.1 Å². The first-order valence-corrected chi connectivity index (χ1v) is 10.0. The van der Waals surface area contributed by atoms with E-state index in [-0.39, 0.29) is 17.5 Å². The lowest BCUT2D eigenvalue weighted by Crippen LogP contribution is -2.20. The lowest BCUT2D eigenvalue weighted by atomic mass is 10.1. The van der Waals surface area contributed by atoms with Gasteiger partial charge in [-0.15, -0.1) is 12.6 Å². The number of carboxylic acid groups (broad SMARTS) is 1. The van der Waals surface area contributed by atoms with E-state index in [4.69, 9.17) is 0 Å². The normalized spacial score (nSPS) is 11.7. The predicted octanol–water partition coefficient (Wildman–Crippen LogP) is 4.46. The molecule has 3 rings (SSSR count). The number of nitrogens with zero attached hydrogens (tertiary/aromatic N) is 2. The second-order valence-electron chi connectivity index (χ2n) is 7.23. The van der Waals surface area contributed by atoms with E-state index in [9.17, 15) is 23.5 Å². The van der Waals surface area contributed by atoms with E-state index in [0.717, 1.165) is 17.0 Å². The van der Waals surface area contributed by atoms with Gasteiger partial charge >= 0.3 is 11.2 Å². The molecule has 1 heterocycles. The molecular formula is C23H21F2N3O3S. The van der Waals surface area contributed by atoms with Gasteiger partial charge in [0.05, 0.1) is 18.2 Å². The number of rotatable bonds is 7. The van der Waals surface area contributed by atoms with Crippen LogP contribution in [0.15, 0.2) is 59.7 Å². The third kappa shape index (κ3) is 5.42. The van der Waals surface area contributed by atoms with E-state index in [1.165, 1.54) is 30.5 Å². The number of benzene rings is 2. The second kappa shape index (κ2) is 9.35. The molecule has 0 atom stereocenters. The Morgan fingerprint density at radius 2 is 1.88 bits per heavy atom. The van der Waals surface area contributed by atoms with Gasteiger partial charge in [0, 0.05) is 28.2 Å². The third-order valence-electron chi connectivity index (χ3n) is 4.85. The van der Waals surface area contributed by atoms with Crippen LogP contribution in [0.3, 0.4) is 0 Å². The molecule has 0 fully saturated rings. The Kier molecular flexibility index (Phi) is 6.78. The number of carboxylic acids is 1. The minimum Gasteiger partial charge on any atom is -0.478 e. The maximum absolute atomic E-state index is 13.3. The molecule has 0 radical (unpaired) electrons. The summed E-state index contributed by atoms with van der Waals surface area (Å²) in [7, 11) is 0. The molecule has 0 aliphatic heterocycles. The van der Waals surface area contributed by atoms with Crippen LogP contribution in [0.5, 0.6) is 0 Å². The molecule has 0 unspecified atom stereocenters. The van der Waals surface area contributed by atoms with Gasteiger partial charge in [0.1, 0.15) is 0 Å². The van der Waals surface area contributed by atoms with Crippen molar-refractivity contribution in [2.24, 2.45) is 5.10 Å². The molecule has 0 aliphatic rings. The average Bonchev–Trinajstić information content (AvgIpc) is 3.01. The Hall–Kier alpha value is -3.46. The predicted molar refractivity (Wildman–Crippen MR) is 121 cm³/mol. The number of thiol groups is 1. The smallest absolute Gasteiger partial charge is 0.335 e. The summed E-state index contributed by atoms with van der Waals surface area (Å²) in [5.74, 6) is -1.47. The summed E-state index contributed by atoms with van der Waals surface area (Å²) in [4.78, 5) is 23.4. The maximum Gasteiger partial charge on any atom is 0.335 e. The summed E-state index contributed by atoms with van der Waals surface area (Å²) in [5.41, 5.74) is 5.82. The number of carbonyl (C=O) groups is 2. The molecule has 1 aromatic heterocycles. The molecule has 1 amide bonds. The number of amides is 1. The number of hydrogen-bond acceptors (Lipinski definition) is 4. The third-order valence-corrected chi connectivity index (χ3v) is 5.11. The van der Waals surface area contributed by atoms with Gasteiger partial charge in [-0.25, -0.2) is 10.2 Å².